The van der Waals surface area contributed by atoms with Gasteiger partial charge in [0.1, 0.15) is 13.2 Å². The van der Waals surface area contributed by atoms with Gasteiger partial charge in [-0.2, -0.15) is 5.26 Å². The number of benzene rings is 1. The van der Waals surface area contributed by atoms with E-state index in [0.717, 1.165) is 0 Å². The molecule has 1 heterocycles. The number of esters is 2. The molecule has 1 aromatic rings. The van der Waals surface area contributed by atoms with Gasteiger partial charge in [-0.3, -0.25) is 10.1 Å². The molecule has 0 saturated heterocycles. The minimum atomic E-state index is -0.953. The Morgan fingerprint density at radius 1 is 1.13 bits per heavy atom. The molecule has 1 atom stereocenters. The predicted octanol–water partition coefficient (Wildman–Crippen LogP) is 2.48. The van der Waals surface area contributed by atoms with E-state index in [1.807, 2.05) is 6.07 Å². The Balaban J connectivity index is 2.55. The Bertz CT molecular complexity index is 975. The van der Waals surface area contributed by atoms with Crippen molar-refractivity contribution in [3.05, 3.63) is 62.5 Å². The maximum atomic E-state index is 12.9. The van der Waals surface area contributed by atoms with Crippen molar-refractivity contribution in [2.24, 2.45) is 0 Å². The Morgan fingerprint density at radius 3 is 2.29 bits per heavy atom. The van der Waals surface area contributed by atoms with Gasteiger partial charge in [0.2, 0.25) is 0 Å². The highest BCUT2D eigenvalue weighted by atomic mass is 16.6. The standard InChI is InChI=1S/C21H23N3O7/c1-13-17(20(25)30-9-5-8-22)19(15-6-4-7-16(12-15)24(27)28)18(14(2)23-13)21(26)31-11-10-29-3/h4,6-7,12,19,23H,5,9-11H2,1-3H3/t19-/m0/s1. The SMILES string of the molecule is COCCOC(=O)C1=C(C)NC(C)=C(C(=O)OCCC#N)[C@@H]1c1cccc([N+](=O)[O-])c1. The Hall–Kier alpha value is -3.71. The molecule has 0 saturated carbocycles. The zero-order chi connectivity index (χ0) is 23.0. The third kappa shape index (κ3) is 5.67. The fraction of sp³-hybridized carbons (Fsp3) is 0.381. The molecule has 1 aliphatic heterocycles. The van der Waals surface area contributed by atoms with Crippen molar-refractivity contribution < 1.29 is 28.7 Å². The van der Waals surface area contributed by atoms with Crippen LogP contribution in [0.4, 0.5) is 5.69 Å². The van der Waals surface area contributed by atoms with Crippen LogP contribution in [0.3, 0.4) is 0 Å². The third-order valence-corrected chi connectivity index (χ3v) is 4.58. The van der Waals surface area contributed by atoms with Crippen LogP contribution in [0.2, 0.25) is 0 Å². The summed E-state index contributed by atoms with van der Waals surface area (Å²) in [5.74, 6) is -2.37. The van der Waals surface area contributed by atoms with E-state index in [4.69, 9.17) is 19.5 Å². The largest absolute Gasteiger partial charge is 0.461 e. The molecule has 0 fully saturated rings. The van der Waals surface area contributed by atoms with Crippen molar-refractivity contribution in [3.63, 3.8) is 0 Å². The van der Waals surface area contributed by atoms with Crippen LogP contribution in [0, 0.1) is 21.4 Å². The van der Waals surface area contributed by atoms with Crippen LogP contribution in [-0.4, -0.2) is 43.8 Å². The second-order valence-corrected chi connectivity index (χ2v) is 6.66. The summed E-state index contributed by atoms with van der Waals surface area (Å²) in [5, 5.41) is 23.0. The molecule has 0 radical (unpaired) electrons. The lowest BCUT2D eigenvalue weighted by atomic mass is 9.80. The number of nitrogens with one attached hydrogen (secondary N) is 1. The molecule has 0 aromatic heterocycles. The maximum Gasteiger partial charge on any atom is 0.336 e. The van der Waals surface area contributed by atoms with Crippen LogP contribution in [0.5, 0.6) is 0 Å². The minimum Gasteiger partial charge on any atom is -0.461 e. The highest BCUT2D eigenvalue weighted by Crippen LogP contribution is 2.40. The molecule has 0 amide bonds. The molecule has 31 heavy (non-hydrogen) atoms. The first-order valence-electron chi connectivity index (χ1n) is 9.44. The van der Waals surface area contributed by atoms with E-state index in [1.54, 1.807) is 19.9 Å². The number of ether oxygens (including phenoxy) is 3. The molecule has 1 aromatic carbocycles. The van der Waals surface area contributed by atoms with Gasteiger partial charge >= 0.3 is 11.9 Å². The van der Waals surface area contributed by atoms with Crippen LogP contribution in [0.25, 0.3) is 0 Å². The van der Waals surface area contributed by atoms with E-state index >= 15 is 0 Å². The first-order chi connectivity index (χ1) is 14.8. The number of non-ortho nitro benzene ring substituents is 1. The van der Waals surface area contributed by atoms with Crippen LogP contribution in [0.15, 0.2) is 46.8 Å². The van der Waals surface area contributed by atoms with Crippen molar-refractivity contribution in [2.75, 3.05) is 26.9 Å². The lowest BCUT2D eigenvalue weighted by Crippen LogP contribution is -2.33. The number of nitriles is 1. The molecular formula is C21H23N3O7. The monoisotopic (exact) mass is 429 g/mol. The van der Waals surface area contributed by atoms with Crippen LogP contribution < -0.4 is 5.32 Å². The second-order valence-electron chi connectivity index (χ2n) is 6.66. The highest BCUT2D eigenvalue weighted by molar-refractivity contribution is 6.00. The van der Waals surface area contributed by atoms with E-state index in [9.17, 15) is 19.7 Å². The number of hydrogen-bond donors (Lipinski definition) is 1. The Labute approximate surface area is 179 Å². The normalized spacial score (nSPS) is 15.7. The fourth-order valence-electron chi connectivity index (χ4n) is 3.25. The minimum absolute atomic E-state index is 0.00157. The lowest BCUT2D eigenvalue weighted by Gasteiger charge is -2.30. The summed E-state index contributed by atoms with van der Waals surface area (Å²) < 4.78 is 15.4. The summed E-state index contributed by atoms with van der Waals surface area (Å²) in [5.41, 5.74) is 1.31. The van der Waals surface area contributed by atoms with Crippen molar-refractivity contribution in [3.8, 4) is 6.07 Å². The van der Waals surface area contributed by atoms with E-state index in [-0.39, 0.29) is 43.1 Å². The molecule has 0 unspecified atom stereocenters. The molecule has 10 nitrogen and oxygen atoms in total. The van der Waals surface area contributed by atoms with Gasteiger partial charge in [-0.05, 0) is 19.4 Å². The van der Waals surface area contributed by atoms with Gasteiger partial charge in [0.15, 0.2) is 0 Å². The average molecular weight is 429 g/mol. The zero-order valence-electron chi connectivity index (χ0n) is 17.5. The highest BCUT2D eigenvalue weighted by Gasteiger charge is 2.38. The lowest BCUT2D eigenvalue weighted by molar-refractivity contribution is -0.384. The van der Waals surface area contributed by atoms with Crippen molar-refractivity contribution in [1.29, 1.82) is 5.26 Å². The van der Waals surface area contributed by atoms with Gasteiger partial charge < -0.3 is 19.5 Å². The average Bonchev–Trinajstić information content (AvgIpc) is 2.73. The number of nitrogens with zero attached hydrogens (tertiary/aromatic N) is 2. The summed E-state index contributed by atoms with van der Waals surface area (Å²) in [6.45, 7) is 3.35. The molecule has 0 spiro atoms. The van der Waals surface area contributed by atoms with Gasteiger partial charge in [-0.15, -0.1) is 0 Å². The summed E-state index contributed by atoms with van der Waals surface area (Å²) in [4.78, 5) is 36.5. The molecule has 0 bridgehead atoms. The molecule has 10 heteroatoms. The van der Waals surface area contributed by atoms with Gasteiger partial charge in [-0.1, -0.05) is 12.1 Å². The predicted molar refractivity (Wildman–Crippen MR) is 108 cm³/mol. The van der Waals surface area contributed by atoms with Crippen molar-refractivity contribution >= 4 is 17.6 Å². The topological polar surface area (TPSA) is 141 Å². The number of rotatable bonds is 9. The summed E-state index contributed by atoms with van der Waals surface area (Å²) in [6.07, 6.45) is 0.00769. The summed E-state index contributed by atoms with van der Waals surface area (Å²) in [7, 11) is 1.47. The van der Waals surface area contributed by atoms with E-state index in [2.05, 4.69) is 5.32 Å². The number of nitro groups is 1. The molecule has 2 rings (SSSR count). The molecule has 0 aliphatic carbocycles. The quantitative estimate of drug-likeness (QED) is 0.271. The molecule has 164 valence electrons. The molecule has 1 N–H and O–H groups in total. The van der Waals surface area contributed by atoms with Crippen molar-refractivity contribution in [1.82, 2.24) is 5.32 Å². The van der Waals surface area contributed by atoms with E-state index in [1.165, 1.54) is 25.3 Å². The first kappa shape index (κ1) is 23.6. The van der Waals surface area contributed by atoms with Crippen LogP contribution in [0.1, 0.15) is 31.7 Å². The second kappa shape index (κ2) is 10.9. The summed E-state index contributed by atoms with van der Waals surface area (Å²) >= 11 is 0. The van der Waals surface area contributed by atoms with E-state index < -0.39 is 22.8 Å². The van der Waals surface area contributed by atoms with Gasteiger partial charge in [0, 0.05) is 30.6 Å². The number of nitro benzene ring substituents is 1. The first-order valence-corrected chi connectivity index (χ1v) is 9.44. The fourth-order valence-corrected chi connectivity index (χ4v) is 3.25. The van der Waals surface area contributed by atoms with Crippen LogP contribution >= 0.6 is 0 Å². The Morgan fingerprint density at radius 2 is 1.74 bits per heavy atom. The number of allylic oxidation sites excluding steroid dienone is 2. The number of hydrogen-bond acceptors (Lipinski definition) is 9. The van der Waals surface area contributed by atoms with Crippen LogP contribution in [-0.2, 0) is 23.8 Å². The number of carbonyl (C=O) groups excluding carboxylic acids is 2. The Kier molecular flexibility index (Phi) is 8.28. The van der Waals surface area contributed by atoms with Gasteiger partial charge in [-0.25, -0.2) is 9.59 Å². The number of carbonyl (C=O) groups is 2. The zero-order valence-corrected chi connectivity index (χ0v) is 17.5. The summed E-state index contributed by atoms with van der Waals surface area (Å²) in [6, 6.07) is 7.58. The molecular weight excluding hydrogens is 406 g/mol. The van der Waals surface area contributed by atoms with E-state index in [0.29, 0.717) is 17.0 Å². The molecule has 1 aliphatic rings. The van der Waals surface area contributed by atoms with Gasteiger partial charge in [0.05, 0.1) is 41.1 Å². The van der Waals surface area contributed by atoms with Gasteiger partial charge in [0.25, 0.3) is 5.69 Å². The third-order valence-electron chi connectivity index (χ3n) is 4.58. The number of dihydropyridines is 1. The number of methoxy groups -OCH3 is 1. The smallest absolute Gasteiger partial charge is 0.336 e. The maximum absolute atomic E-state index is 12.9. The van der Waals surface area contributed by atoms with Crippen molar-refractivity contribution in [2.45, 2.75) is 26.2 Å².